The Bertz CT molecular complexity index is 817. The van der Waals surface area contributed by atoms with Gasteiger partial charge in [0.1, 0.15) is 5.69 Å². The number of rotatable bonds is 4. The summed E-state index contributed by atoms with van der Waals surface area (Å²) in [6.45, 7) is 12.3. The van der Waals surface area contributed by atoms with Gasteiger partial charge in [-0.15, -0.1) is 0 Å². The van der Waals surface area contributed by atoms with Crippen LogP contribution in [0.1, 0.15) is 30.6 Å². The van der Waals surface area contributed by atoms with Crippen LogP contribution in [0, 0.1) is 16.7 Å². The summed E-state index contributed by atoms with van der Waals surface area (Å²) in [4.78, 5) is 29.6. The van der Waals surface area contributed by atoms with Crippen LogP contribution >= 0.6 is 15.9 Å². The number of nitrogens with zero attached hydrogens (tertiary/aromatic N) is 3. The molecule has 2 aliphatic rings. The zero-order valence-electron chi connectivity index (χ0n) is 15.6. The zero-order valence-corrected chi connectivity index (χ0v) is 17.2. The summed E-state index contributed by atoms with van der Waals surface area (Å²) in [5.74, 6) is -0.276. The van der Waals surface area contributed by atoms with Crippen LogP contribution in [0.3, 0.4) is 0 Å². The van der Waals surface area contributed by atoms with Gasteiger partial charge in [0.05, 0.1) is 29.1 Å². The molecule has 2 saturated heterocycles. The Labute approximate surface area is 171 Å². The Morgan fingerprint density at radius 3 is 2.68 bits per heavy atom. The average Bonchev–Trinajstić information content (AvgIpc) is 3.09. The first-order valence-corrected chi connectivity index (χ1v) is 9.87. The van der Waals surface area contributed by atoms with Crippen molar-refractivity contribution in [2.24, 2.45) is 0 Å². The molecule has 0 bridgehead atoms. The van der Waals surface area contributed by atoms with Crippen LogP contribution in [0.15, 0.2) is 16.6 Å². The number of nitro benzene ring substituents is 1. The molecule has 0 saturated carbocycles. The highest BCUT2D eigenvalue weighted by atomic mass is 79.9. The Balaban J connectivity index is 1.96. The van der Waals surface area contributed by atoms with Gasteiger partial charge in [-0.1, -0.05) is 15.9 Å². The van der Waals surface area contributed by atoms with E-state index in [1.54, 1.807) is 11.0 Å². The van der Waals surface area contributed by atoms with E-state index < -0.39 is 4.92 Å². The molecule has 4 atom stereocenters. The minimum absolute atomic E-state index is 0.107. The number of hydrogen-bond acceptors (Lipinski definition) is 6. The van der Waals surface area contributed by atoms with Gasteiger partial charge in [0.2, 0.25) is 0 Å². The van der Waals surface area contributed by atoms with E-state index in [-0.39, 0.29) is 47.3 Å². The molecule has 28 heavy (non-hydrogen) atoms. The second-order valence-electron chi connectivity index (χ2n) is 7.20. The Hall–Kier alpha value is -2.22. The molecule has 2 fully saturated rings. The molecule has 1 aromatic carbocycles. The van der Waals surface area contributed by atoms with E-state index in [2.05, 4.69) is 31.4 Å². The van der Waals surface area contributed by atoms with E-state index in [0.717, 1.165) is 0 Å². The van der Waals surface area contributed by atoms with Crippen molar-refractivity contribution >= 4 is 33.2 Å². The number of ether oxygens (including phenoxy) is 1. The molecule has 0 aliphatic carbocycles. The van der Waals surface area contributed by atoms with E-state index in [4.69, 9.17) is 11.3 Å². The molecule has 10 heteroatoms. The van der Waals surface area contributed by atoms with Gasteiger partial charge in [0, 0.05) is 36.2 Å². The number of nitro groups is 1. The van der Waals surface area contributed by atoms with E-state index in [1.165, 1.54) is 6.07 Å². The molecule has 0 spiro atoms. The third kappa shape index (κ3) is 4.43. The van der Waals surface area contributed by atoms with E-state index >= 15 is 0 Å². The van der Waals surface area contributed by atoms with Crippen LogP contribution in [0.2, 0.25) is 0 Å². The van der Waals surface area contributed by atoms with Crippen LogP contribution in [0.25, 0.3) is 4.85 Å². The van der Waals surface area contributed by atoms with Crippen molar-refractivity contribution in [3.05, 3.63) is 43.7 Å². The van der Waals surface area contributed by atoms with Gasteiger partial charge in [0.25, 0.3) is 17.8 Å². The summed E-state index contributed by atoms with van der Waals surface area (Å²) in [5, 5.41) is 17.9. The Morgan fingerprint density at radius 2 is 2.11 bits per heavy atom. The predicted octanol–water partition coefficient (Wildman–Crippen LogP) is 2.63. The maximum Gasteiger partial charge on any atom is 0.294 e. The maximum absolute atomic E-state index is 13.3. The number of anilines is 1. The fraction of sp³-hybridized carbons (Fsp3) is 0.556. The van der Waals surface area contributed by atoms with Crippen LogP contribution in [0.5, 0.6) is 0 Å². The molecule has 2 heterocycles. The van der Waals surface area contributed by atoms with Crippen molar-refractivity contribution in [3.8, 4) is 0 Å². The van der Waals surface area contributed by atoms with Gasteiger partial charge in [-0.05, 0) is 19.9 Å². The van der Waals surface area contributed by atoms with Gasteiger partial charge < -0.3 is 15.0 Å². The largest absolute Gasteiger partial charge is 0.374 e. The van der Waals surface area contributed by atoms with Crippen LogP contribution in [0.4, 0.5) is 11.4 Å². The lowest BCUT2D eigenvalue weighted by Gasteiger charge is -2.35. The van der Waals surface area contributed by atoms with Crippen molar-refractivity contribution in [3.63, 3.8) is 0 Å². The van der Waals surface area contributed by atoms with Crippen LogP contribution in [-0.4, -0.2) is 59.8 Å². The van der Waals surface area contributed by atoms with Crippen molar-refractivity contribution in [2.75, 3.05) is 25.0 Å². The SMILES string of the molecule is [C-]#[N+]C1C[C@@H](Nc2c(C(=O)N3C[C@@H](C)O[C@@H](C)C3)cc(Br)cc2[N+](=O)[O-])CN1. The lowest BCUT2D eigenvalue weighted by molar-refractivity contribution is -0.384. The van der Waals surface area contributed by atoms with E-state index in [1.807, 2.05) is 13.8 Å². The standard InChI is InChI=1S/C18H22BrN5O4/c1-10-8-23(9-11(2)28-10)18(25)14-4-12(19)5-15(24(26)27)17(14)22-13-6-16(20-3)21-7-13/h4-5,10-11,13,16,21-22H,6-9H2,1-2H3/t10-,11+,13-,16?/m1/s1. The number of halogens is 1. The molecule has 9 nitrogen and oxygen atoms in total. The molecule has 0 radical (unpaired) electrons. The molecule has 0 aromatic heterocycles. The highest BCUT2D eigenvalue weighted by molar-refractivity contribution is 9.10. The molecule has 1 unspecified atom stereocenters. The highest BCUT2D eigenvalue weighted by Crippen LogP contribution is 2.35. The van der Waals surface area contributed by atoms with E-state index in [9.17, 15) is 14.9 Å². The van der Waals surface area contributed by atoms with Crippen LogP contribution in [-0.2, 0) is 4.74 Å². The number of carbonyl (C=O) groups is 1. The molecule has 2 N–H and O–H groups in total. The van der Waals surface area contributed by atoms with Gasteiger partial charge in [-0.3, -0.25) is 19.8 Å². The molecular formula is C18H22BrN5O4. The summed E-state index contributed by atoms with van der Waals surface area (Å²) in [6.07, 6.45) is -0.0304. The quantitative estimate of drug-likeness (QED) is 0.414. The summed E-state index contributed by atoms with van der Waals surface area (Å²) in [5.41, 5.74) is 0.273. The number of hydrogen-bond donors (Lipinski definition) is 2. The summed E-state index contributed by atoms with van der Waals surface area (Å²) in [7, 11) is 0. The Morgan fingerprint density at radius 1 is 1.43 bits per heavy atom. The molecule has 150 valence electrons. The molecule has 1 amide bonds. The van der Waals surface area contributed by atoms with Crippen molar-refractivity contribution in [1.29, 1.82) is 0 Å². The number of benzene rings is 1. The second kappa shape index (κ2) is 8.43. The topological polar surface area (TPSA) is 101 Å². The van der Waals surface area contributed by atoms with Crippen molar-refractivity contribution in [1.82, 2.24) is 10.2 Å². The van der Waals surface area contributed by atoms with Gasteiger partial charge in [-0.25, -0.2) is 11.9 Å². The summed E-state index contributed by atoms with van der Waals surface area (Å²) >= 11 is 3.29. The van der Waals surface area contributed by atoms with Crippen molar-refractivity contribution in [2.45, 2.75) is 44.7 Å². The lowest BCUT2D eigenvalue weighted by Crippen LogP contribution is -2.48. The first-order valence-electron chi connectivity index (χ1n) is 9.07. The smallest absolute Gasteiger partial charge is 0.294 e. The second-order valence-corrected chi connectivity index (χ2v) is 8.12. The normalized spacial score (nSPS) is 27.3. The number of morpholine rings is 1. The first-order chi connectivity index (χ1) is 13.3. The lowest BCUT2D eigenvalue weighted by atomic mass is 10.1. The highest BCUT2D eigenvalue weighted by Gasteiger charge is 2.34. The third-order valence-electron chi connectivity index (χ3n) is 4.83. The average molecular weight is 452 g/mol. The van der Waals surface area contributed by atoms with Crippen molar-refractivity contribution < 1.29 is 14.5 Å². The predicted molar refractivity (Wildman–Crippen MR) is 107 cm³/mol. The molecule has 2 aliphatic heterocycles. The Kier molecular flexibility index (Phi) is 6.17. The van der Waals surface area contributed by atoms with Gasteiger partial charge in [-0.2, -0.15) is 0 Å². The molecule has 3 rings (SSSR count). The maximum atomic E-state index is 13.3. The molecular weight excluding hydrogens is 430 g/mol. The first kappa shape index (κ1) is 20.5. The van der Waals surface area contributed by atoms with E-state index in [0.29, 0.717) is 30.5 Å². The number of nitrogens with one attached hydrogen (secondary N) is 2. The summed E-state index contributed by atoms with van der Waals surface area (Å²) in [6, 6.07) is 2.82. The van der Waals surface area contributed by atoms with Gasteiger partial charge in [0.15, 0.2) is 0 Å². The fourth-order valence-corrected chi connectivity index (χ4v) is 4.14. The molecule has 1 aromatic rings. The minimum Gasteiger partial charge on any atom is -0.374 e. The fourth-order valence-electron chi connectivity index (χ4n) is 3.70. The minimum atomic E-state index is -0.497. The monoisotopic (exact) mass is 451 g/mol. The zero-order chi connectivity index (χ0) is 20.4. The van der Waals surface area contributed by atoms with Gasteiger partial charge >= 0.3 is 0 Å². The summed E-state index contributed by atoms with van der Waals surface area (Å²) < 4.78 is 6.15. The van der Waals surface area contributed by atoms with Crippen LogP contribution < -0.4 is 10.6 Å². The number of amides is 1. The number of carbonyl (C=O) groups excluding carboxylic acids is 1. The third-order valence-corrected chi connectivity index (χ3v) is 5.29.